The van der Waals surface area contributed by atoms with Gasteiger partial charge in [-0.05, 0) is 25.0 Å². The topological polar surface area (TPSA) is 110 Å². The van der Waals surface area contributed by atoms with Crippen LogP contribution in [-0.2, 0) is 0 Å². The molecule has 21 heavy (non-hydrogen) atoms. The Morgan fingerprint density at radius 1 is 1.38 bits per heavy atom. The molecule has 0 aliphatic carbocycles. The first-order valence-electron chi connectivity index (χ1n) is 7.00. The van der Waals surface area contributed by atoms with E-state index in [-0.39, 0.29) is 23.3 Å². The lowest BCUT2D eigenvalue weighted by Crippen LogP contribution is -2.37. The first kappa shape index (κ1) is 16.9. The summed E-state index contributed by atoms with van der Waals surface area (Å²) in [5.74, 6) is 5.40. The molecule has 0 fully saturated rings. The number of amides is 1. The van der Waals surface area contributed by atoms with Crippen LogP contribution >= 0.6 is 0 Å². The zero-order valence-electron chi connectivity index (χ0n) is 12.6. The minimum atomic E-state index is -0.552. The number of carbonyl (C=O) groups is 1. The van der Waals surface area contributed by atoms with E-state index in [2.05, 4.69) is 24.6 Å². The van der Waals surface area contributed by atoms with Crippen molar-refractivity contribution in [2.24, 2.45) is 11.8 Å². The van der Waals surface area contributed by atoms with Crippen LogP contribution in [0.15, 0.2) is 18.2 Å². The number of hydrogen-bond donors (Lipinski definition) is 3. The van der Waals surface area contributed by atoms with Gasteiger partial charge in [0, 0.05) is 17.7 Å². The number of benzene rings is 1. The molecule has 4 N–H and O–H groups in total. The van der Waals surface area contributed by atoms with E-state index in [1.165, 1.54) is 18.2 Å². The largest absolute Gasteiger partial charge is 0.349 e. The quantitative estimate of drug-likeness (QED) is 0.406. The van der Waals surface area contributed by atoms with E-state index in [1.807, 2.05) is 6.92 Å². The molecule has 1 aromatic carbocycles. The van der Waals surface area contributed by atoms with Gasteiger partial charge in [-0.3, -0.25) is 20.8 Å². The minimum Gasteiger partial charge on any atom is -0.349 e. The molecule has 1 atom stereocenters. The van der Waals surface area contributed by atoms with Crippen LogP contribution in [0, 0.1) is 16.0 Å². The van der Waals surface area contributed by atoms with Crippen LogP contribution < -0.4 is 16.6 Å². The number of rotatable bonds is 7. The van der Waals surface area contributed by atoms with Gasteiger partial charge in [0.25, 0.3) is 11.6 Å². The molecule has 0 saturated carbocycles. The van der Waals surface area contributed by atoms with E-state index in [9.17, 15) is 14.9 Å². The second-order valence-corrected chi connectivity index (χ2v) is 4.97. The van der Waals surface area contributed by atoms with Crippen molar-refractivity contribution in [3.05, 3.63) is 33.9 Å². The van der Waals surface area contributed by atoms with Gasteiger partial charge in [0.2, 0.25) is 0 Å². The lowest BCUT2D eigenvalue weighted by atomic mass is 9.95. The molecule has 116 valence electrons. The number of nitrogens with two attached hydrogens (primary N) is 1. The number of nitrogens with zero attached hydrogens (tertiary/aromatic N) is 1. The molecule has 7 nitrogen and oxygen atoms in total. The molecule has 0 spiro atoms. The lowest BCUT2D eigenvalue weighted by Gasteiger charge is -2.22. The average molecular weight is 294 g/mol. The summed E-state index contributed by atoms with van der Waals surface area (Å²) in [4.78, 5) is 22.5. The maximum absolute atomic E-state index is 12.2. The summed E-state index contributed by atoms with van der Waals surface area (Å²) in [6, 6.07) is 4.12. The molecule has 7 heteroatoms. The van der Waals surface area contributed by atoms with Crippen molar-refractivity contribution >= 4 is 17.3 Å². The van der Waals surface area contributed by atoms with Gasteiger partial charge in [0.15, 0.2) is 0 Å². The molecule has 1 amide bonds. The van der Waals surface area contributed by atoms with Crippen molar-refractivity contribution in [2.75, 3.05) is 5.43 Å². The summed E-state index contributed by atoms with van der Waals surface area (Å²) in [5.41, 5.74) is 2.54. The second-order valence-electron chi connectivity index (χ2n) is 4.97. The van der Waals surface area contributed by atoms with Gasteiger partial charge in [-0.1, -0.05) is 26.7 Å². The number of hydrogen-bond acceptors (Lipinski definition) is 5. The van der Waals surface area contributed by atoms with Gasteiger partial charge in [0.05, 0.1) is 4.92 Å². The Kier molecular flexibility index (Phi) is 6.10. The fourth-order valence-corrected chi connectivity index (χ4v) is 2.36. The number of anilines is 1. The van der Waals surface area contributed by atoms with Crippen molar-refractivity contribution in [2.45, 2.75) is 39.7 Å². The van der Waals surface area contributed by atoms with Gasteiger partial charge >= 0.3 is 0 Å². The van der Waals surface area contributed by atoms with Gasteiger partial charge in [-0.15, -0.1) is 0 Å². The highest BCUT2D eigenvalue weighted by molar-refractivity contribution is 5.96. The van der Waals surface area contributed by atoms with Crippen molar-refractivity contribution in [3.63, 3.8) is 0 Å². The monoisotopic (exact) mass is 294 g/mol. The molecule has 0 aromatic heterocycles. The summed E-state index contributed by atoms with van der Waals surface area (Å²) in [7, 11) is 0. The molecule has 0 aliphatic heterocycles. The summed E-state index contributed by atoms with van der Waals surface area (Å²) in [6.45, 7) is 6.13. The van der Waals surface area contributed by atoms with Crippen LogP contribution in [-0.4, -0.2) is 16.9 Å². The summed E-state index contributed by atoms with van der Waals surface area (Å²) in [5, 5.41) is 13.7. The predicted octanol–water partition coefficient (Wildman–Crippen LogP) is 2.43. The maximum atomic E-state index is 12.2. The van der Waals surface area contributed by atoms with E-state index >= 15 is 0 Å². The number of nitrogen functional groups attached to an aromatic ring is 1. The third kappa shape index (κ3) is 4.16. The predicted molar refractivity (Wildman–Crippen MR) is 81.9 cm³/mol. The third-order valence-electron chi connectivity index (χ3n) is 3.73. The number of nitro benzene ring substituents is 1. The van der Waals surface area contributed by atoms with E-state index in [4.69, 9.17) is 5.84 Å². The van der Waals surface area contributed by atoms with Crippen LogP contribution in [0.4, 0.5) is 11.4 Å². The van der Waals surface area contributed by atoms with Crippen molar-refractivity contribution in [1.82, 2.24) is 5.32 Å². The van der Waals surface area contributed by atoms with Crippen LogP contribution in [0.25, 0.3) is 0 Å². The second kappa shape index (κ2) is 7.58. The minimum absolute atomic E-state index is 0.0389. The molecular formula is C14H22N4O3. The van der Waals surface area contributed by atoms with Crippen molar-refractivity contribution in [3.8, 4) is 0 Å². The maximum Gasteiger partial charge on any atom is 0.293 e. The van der Waals surface area contributed by atoms with Crippen LogP contribution in [0.1, 0.15) is 44.0 Å². The SMILES string of the molecule is CCC(CC)C(C)NC(=O)c1ccc([N+](=O)[O-])c(NN)c1. The fraction of sp³-hybridized carbons (Fsp3) is 0.500. The Morgan fingerprint density at radius 3 is 2.48 bits per heavy atom. The highest BCUT2D eigenvalue weighted by Crippen LogP contribution is 2.24. The summed E-state index contributed by atoms with van der Waals surface area (Å²) >= 11 is 0. The van der Waals surface area contributed by atoms with E-state index < -0.39 is 4.92 Å². The standard InChI is InChI=1S/C14H22N4O3/c1-4-10(5-2)9(3)16-14(19)11-6-7-13(18(20)21)12(8-11)17-15/h6-10,17H,4-5,15H2,1-3H3,(H,16,19). The number of nitro groups is 1. The summed E-state index contributed by atoms with van der Waals surface area (Å²) in [6.07, 6.45) is 1.96. The molecule has 0 bridgehead atoms. The molecule has 1 rings (SSSR count). The number of carbonyl (C=O) groups excluding carboxylic acids is 1. The zero-order valence-corrected chi connectivity index (χ0v) is 12.6. The van der Waals surface area contributed by atoms with E-state index in [0.717, 1.165) is 12.8 Å². The van der Waals surface area contributed by atoms with Crippen LogP contribution in [0.5, 0.6) is 0 Å². The summed E-state index contributed by atoms with van der Waals surface area (Å²) < 4.78 is 0. The van der Waals surface area contributed by atoms with Crippen molar-refractivity contribution < 1.29 is 9.72 Å². The highest BCUT2D eigenvalue weighted by atomic mass is 16.6. The Labute approximate surface area is 124 Å². The smallest absolute Gasteiger partial charge is 0.293 e. The normalized spacial score (nSPS) is 12.0. The highest BCUT2D eigenvalue weighted by Gasteiger charge is 2.19. The van der Waals surface area contributed by atoms with E-state index in [0.29, 0.717) is 11.5 Å². The van der Waals surface area contributed by atoms with Gasteiger partial charge < -0.3 is 10.7 Å². The molecule has 1 aromatic rings. The molecule has 0 saturated heterocycles. The van der Waals surface area contributed by atoms with Gasteiger partial charge in [-0.2, -0.15) is 0 Å². The Balaban J connectivity index is 2.91. The van der Waals surface area contributed by atoms with Crippen LogP contribution in [0.2, 0.25) is 0 Å². The van der Waals surface area contributed by atoms with Gasteiger partial charge in [-0.25, -0.2) is 0 Å². The van der Waals surface area contributed by atoms with Gasteiger partial charge in [0.1, 0.15) is 5.69 Å². The molecular weight excluding hydrogens is 272 g/mol. The Bertz CT molecular complexity index is 515. The first-order valence-corrected chi connectivity index (χ1v) is 7.00. The average Bonchev–Trinajstić information content (AvgIpc) is 2.47. The molecule has 0 heterocycles. The Morgan fingerprint density at radius 2 is 2.00 bits per heavy atom. The number of hydrazine groups is 1. The third-order valence-corrected chi connectivity index (χ3v) is 3.73. The fourth-order valence-electron chi connectivity index (χ4n) is 2.36. The van der Waals surface area contributed by atoms with Crippen molar-refractivity contribution in [1.29, 1.82) is 0 Å². The molecule has 1 unspecified atom stereocenters. The molecule has 0 aliphatic rings. The Hall–Kier alpha value is -2.15. The van der Waals surface area contributed by atoms with E-state index in [1.54, 1.807) is 0 Å². The molecule has 0 radical (unpaired) electrons. The first-order chi connectivity index (χ1) is 9.94. The lowest BCUT2D eigenvalue weighted by molar-refractivity contribution is -0.384. The zero-order chi connectivity index (χ0) is 16.0. The number of nitrogens with one attached hydrogen (secondary N) is 2. The van der Waals surface area contributed by atoms with Crippen LogP contribution in [0.3, 0.4) is 0 Å².